The number of methoxy groups -OCH3 is 1. The van der Waals surface area contributed by atoms with E-state index in [4.69, 9.17) is 11.6 Å². The van der Waals surface area contributed by atoms with E-state index >= 15 is 0 Å². The van der Waals surface area contributed by atoms with Gasteiger partial charge in [0.2, 0.25) is 5.91 Å². The highest BCUT2D eigenvalue weighted by Crippen LogP contribution is 2.48. The van der Waals surface area contributed by atoms with Gasteiger partial charge in [0.1, 0.15) is 0 Å². The van der Waals surface area contributed by atoms with E-state index in [0.29, 0.717) is 16.1 Å². The van der Waals surface area contributed by atoms with Crippen LogP contribution < -0.4 is 5.32 Å². The van der Waals surface area contributed by atoms with Gasteiger partial charge >= 0.3 is 5.97 Å². The summed E-state index contributed by atoms with van der Waals surface area (Å²) < 4.78 is 4.62. The number of nitrogens with one attached hydrogen (secondary N) is 1. The Kier molecular flexibility index (Phi) is 5.09. The molecule has 134 valence electrons. The van der Waals surface area contributed by atoms with Crippen LogP contribution >= 0.6 is 11.6 Å². The van der Waals surface area contributed by atoms with Crippen LogP contribution in [0.15, 0.2) is 48.5 Å². The number of hydrogen-bond acceptors (Lipinski definition) is 4. The second-order valence-corrected chi connectivity index (χ2v) is 6.70. The van der Waals surface area contributed by atoms with Crippen molar-refractivity contribution in [2.45, 2.75) is 18.3 Å². The number of amides is 1. The maximum absolute atomic E-state index is 12.6. The molecule has 2 aromatic rings. The number of carbonyl (C=O) groups excluding carboxylic acids is 3. The van der Waals surface area contributed by atoms with Crippen molar-refractivity contribution in [3.63, 3.8) is 0 Å². The van der Waals surface area contributed by atoms with Gasteiger partial charge < -0.3 is 10.1 Å². The summed E-state index contributed by atoms with van der Waals surface area (Å²) in [6.07, 6.45) is 1.50. The van der Waals surface area contributed by atoms with Crippen molar-refractivity contribution in [1.82, 2.24) is 5.32 Å². The summed E-state index contributed by atoms with van der Waals surface area (Å²) in [5.41, 5.74) is 1.15. The molecule has 3 rings (SSSR count). The highest BCUT2D eigenvalue weighted by molar-refractivity contribution is 6.30. The lowest BCUT2D eigenvalue weighted by Crippen LogP contribution is -2.37. The zero-order chi connectivity index (χ0) is 18.7. The number of rotatable bonds is 6. The Morgan fingerprint density at radius 3 is 2.12 bits per heavy atom. The molecule has 1 N–H and O–H groups in total. The molecule has 0 radical (unpaired) electrons. The monoisotopic (exact) mass is 371 g/mol. The van der Waals surface area contributed by atoms with Crippen molar-refractivity contribution in [2.75, 3.05) is 13.7 Å². The maximum Gasteiger partial charge on any atom is 0.337 e. The van der Waals surface area contributed by atoms with Gasteiger partial charge in [-0.3, -0.25) is 9.59 Å². The average molecular weight is 372 g/mol. The second kappa shape index (κ2) is 7.30. The molecule has 26 heavy (non-hydrogen) atoms. The van der Waals surface area contributed by atoms with Gasteiger partial charge in [-0.05, 0) is 42.7 Å². The van der Waals surface area contributed by atoms with Crippen molar-refractivity contribution in [2.24, 2.45) is 0 Å². The predicted molar refractivity (Wildman–Crippen MR) is 97.5 cm³/mol. The number of hydrogen-bond donors (Lipinski definition) is 1. The molecule has 0 bridgehead atoms. The van der Waals surface area contributed by atoms with Crippen LogP contribution in [0.4, 0.5) is 0 Å². The summed E-state index contributed by atoms with van der Waals surface area (Å²) >= 11 is 5.90. The van der Waals surface area contributed by atoms with Gasteiger partial charge in [-0.2, -0.15) is 0 Å². The van der Waals surface area contributed by atoms with Gasteiger partial charge in [0, 0.05) is 10.6 Å². The van der Waals surface area contributed by atoms with E-state index in [-0.39, 0.29) is 18.2 Å². The molecule has 0 spiro atoms. The predicted octanol–water partition coefficient (Wildman–Crippen LogP) is 3.16. The molecular weight excluding hydrogens is 354 g/mol. The van der Waals surface area contributed by atoms with Crippen molar-refractivity contribution < 1.29 is 19.1 Å². The summed E-state index contributed by atoms with van der Waals surface area (Å²) in [5, 5.41) is 3.35. The van der Waals surface area contributed by atoms with E-state index in [1.807, 2.05) is 12.1 Å². The molecule has 1 amide bonds. The fourth-order valence-corrected chi connectivity index (χ4v) is 3.01. The number of benzene rings is 2. The van der Waals surface area contributed by atoms with Gasteiger partial charge in [-0.15, -0.1) is 0 Å². The van der Waals surface area contributed by atoms with Crippen molar-refractivity contribution in [3.8, 4) is 0 Å². The summed E-state index contributed by atoms with van der Waals surface area (Å²) in [4.78, 5) is 36.3. The van der Waals surface area contributed by atoms with Gasteiger partial charge in [0.15, 0.2) is 5.78 Å². The van der Waals surface area contributed by atoms with Gasteiger partial charge in [0.05, 0.1) is 24.6 Å². The minimum atomic E-state index is -0.556. The fourth-order valence-electron chi connectivity index (χ4n) is 2.88. The number of ketones is 1. The van der Waals surface area contributed by atoms with Crippen LogP contribution in [0.2, 0.25) is 5.02 Å². The molecule has 2 aromatic carbocycles. The number of ether oxygens (including phenoxy) is 1. The topological polar surface area (TPSA) is 72.5 Å². The summed E-state index contributed by atoms with van der Waals surface area (Å²) in [7, 11) is 1.30. The van der Waals surface area contributed by atoms with Gasteiger partial charge in [-0.25, -0.2) is 4.79 Å². The quantitative estimate of drug-likeness (QED) is 0.625. The van der Waals surface area contributed by atoms with Crippen LogP contribution in [0.25, 0.3) is 0 Å². The molecule has 1 aliphatic carbocycles. The van der Waals surface area contributed by atoms with Crippen molar-refractivity contribution in [3.05, 3.63) is 70.2 Å². The SMILES string of the molecule is COC(=O)c1ccc(C(=O)CNC(=O)C2(c3ccc(Cl)cc3)CC2)cc1. The van der Waals surface area contributed by atoms with Crippen LogP contribution in [-0.2, 0) is 14.9 Å². The van der Waals surface area contributed by atoms with Gasteiger partial charge in [-0.1, -0.05) is 35.9 Å². The first-order valence-electron chi connectivity index (χ1n) is 8.22. The molecule has 1 fully saturated rings. The van der Waals surface area contributed by atoms with Crippen molar-refractivity contribution in [1.29, 1.82) is 0 Å². The smallest absolute Gasteiger partial charge is 0.337 e. The van der Waals surface area contributed by atoms with Crippen LogP contribution in [0.5, 0.6) is 0 Å². The summed E-state index contributed by atoms with van der Waals surface area (Å²) in [6.45, 7) is -0.0915. The molecule has 1 aliphatic rings. The number of esters is 1. The minimum absolute atomic E-state index is 0.0915. The van der Waals surface area contributed by atoms with E-state index < -0.39 is 11.4 Å². The lowest BCUT2D eigenvalue weighted by Gasteiger charge is -2.15. The van der Waals surface area contributed by atoms with Crippen molar-refractivity contribution >= 4 is 29.3 Å². The number of Topliss-reactive ketones (excluding diaryl/α,β-unsaturated/α-hetero) is 1. The lowest BCUT2D eigenvalue weighted by molar-refractivity contribution is -0.123. The highest BCUT2D eigenvalue weighted by Gasteiger charge is 2.51. The third kappa shape index (κ3) is 3.63. The molecule has 0 aromatic heterocycles. The summed E-state index contributed by atoms with van der Waals surface area (Å²) in [6, 6.07) is 13.4. The Bertz CT molecular complexity index is 839. The normalized spacial score (nSPS) is 14.4. The molecule has 0 unspecified atom stereocenters. The van der Waals surface area contributed by atoms with E-state index in [2.05, 4.69) is 10.1 Å². The highest BCUT2D eigenvalue weighted by atomic mass is 35.5. The van der Waals surface area contributed by atoms with Crippen LogP contribution in [0.1, 0.15) is 39.1 Å². The van der Waals surface area contributed by atoms with Crippen LogP contribution in [0, 0.1) is 0 Å². The summed E-state index contributed by atoms with van der Waals surface area (Å²) in [5.74, 6) is -0.836. The molecule has 1 saturated carbocycles. The van der Waals surface area contributed by atoms with Gasteiger partial charge in [0.25, 0.3) is 0 Å². The fraction of sp³-hybridized carbons (Fsp3) is 0.250. The van der Waals surface area contributed by atoms with Crippen LogP contribution in [-0.4, -0.2) is 31.3 Å². The average Bonchev–Trinajstić information content (AvgIpc) is 3.48. The largest absolute Gasteiger partial charge is 0.465 e. The molecular formula is C20H18ClNO4. The standard InChI is InChI=1S/C20H18ClNO4/c1-26-18(24)14-4-2-13(3-5-14)17(23)12-22-19(25)20(10-11-20)15-6-8-16(21)9-7-15/h2-9H,10-12H2,1H3,(H,22,25). The first-order chi connectivity index (χ1) is 12.5. The Hall–Kier alpha value is -2.66. The van der Waals surface area contributed by atoms with E-state index in [1.54, 1.807) is 24.3 Å². The Morgan fingerprint density at radius 2 is 1.58 bits per heavy atom. The zero-order valence-corrected chi connectivity index (χ0v) is 15.0. The number of carbonyl (C=O) groups is 3. The first-order valence-corrected chi connectivity index (χ1v) is 8.60. The van der Waals surface area contributed by atoms with Crippen LogP contribution in [0.3, 0.4) is 0 Å². The Morgan fingerprint density at radius 1 is 1.00 bits per heavy atom. The van der Waals surface area contributed by atoms with E-state index in [0.717, 1.165) is 18.4 Å². The Labute approximate surface area is 156 Å². The second-order valence-electron chi connectivity index (χ2n) is 6.26. The molecule has 0 saturated heterocycles. The Balaban J connectivity index is 1.61. The molecule has 0 atom stereocenters. The zero-order valence-electron chi connectivity index (χ0n) is 14.3. The maximum atomic E-state index is 12.6. The van der Waals surface area contributed by atoms with E-state index in [9.17, 15) is 14.4 Å². The third-order valence-electron chi connectivity index (χ3n) is 4.62. The molecule has 0 heterocycles. The minimum Gasteiger partial charge on any atom is -0.465 e. The molecule has 5 nitrogen and oxygen atoms in total. The lowest BCUT2D eigenvalue weighted by atomic mass is 9.95. The molecule has 6 heteroatoms. The molecule has 0 aliphatic heterocycles. The third-order valence-corrected chi connectivity index (χ3v) is 4.87. The first kappa shape index (κ1) is 18.1. The number of halogens is 1. The van der Waals surface area contributed by atoms with E-state index in [1.165, 1.54) is 19.2 Å².